The van der Waals surface area contributed by atoms with Crippen molar-refractivity contribution in [1.29, 1.82) is 0 Å². The highest BCUT2D eigenvalue weighted by atomic mass is 16.2. The van der Waals surface area contributed by atoms with Gasteiger partial charge < -0.3 is 0 Å². The fourth-order valence-corrected chi connectivity index (χ4v) is 3.25. The van der Waals surface area contributed by atoms with Crippen LogP contribution in [-0.2, 0) is 4.79 Å². The number of aromatic amines is 1. The molecule has 6 heteroatoms. The van der Waals surface area contributed by atoms with Gasteiger partial charge in [0.2, 0.25) is 0 Å². The molecule has 2 aromatic carbocycles. The van der Waals surface area contributed by atoms with Crippen LogP contribution in [0.2, 0.25) is 0 Å². The number of hydrazone groups is 1. The van der Waals surface area contributed by atoms with Crippen LogP contribution in [0.3, 0.4) is 0 Å². The molecule has 6 nitrogen and oxygen atoms in total. The molecule has 2 heterocycles. The molecular weight excluding hydrogens is 352 g/mol. The summed E-state index contributed by atoms with van der Waals surface area (Å²) < 4.78 is 1.48. The van der Waals surface area contributed by atoms with Gasteiger partial charge in [0.15, 0.2) is 0 Å². The molecule has 0 fully saturated rings. The summed E-state index contributed by atoms with van der Waals surface area (Å²) in [6.45, 7) is 5.56. The fourth-order valence-electron chi connectivity index (χ4n) is 3.25. The van der Waals surface area contributed by atoms with Crippen LogP contribution in [-0.4, -0.2) is 21.4 Å². The molecule has 1 aliphatic heterocycles. The Morgan fingerprint density at radius 3 is 2.36 bits per heavy atom. The number of nitrogens with zero attached hydrogens (tertiary/aromatic N) is 3. The molecule has 1 aliphatic rings. The Morgan fingerprint density at radius 1 is 0.929 bits per heavy atom. The van der Waals surface area contributed by atoms with E-state index in [-0.39, 0.29) is 11.5 Å². The average Bonchev–Trinajstić information content (AvgIpc) is 3.13. The van der Waals surface area contributed by atoms with Gasteiger partial charge in [0, 0.05) is 5.69 Å². The lowest BCUT2D eigenvalue weighted by molar-refractivity contribution is -0.114. The Labute approximate surface area is 162 Å². The molecule has 1 amide bonds. The zero-order chi connectivity index (χ0) is 19.8. The number of H-pyrrole nitrogens is 1. The lowest BCUT2D eigenvalue weighted by Crippen LogP contribution is -2.22. The van der Waals surface area contributed by atoms with Crippen molar-refractivity contribution in [3.05, 3.63) is 87.3 Å². The number of para-hydroxylation sites is 1. The van der Waals surface area contributed by atoms with Crippen LogP contribution in [0.4, 0.5) is 5.69 Å². The molecule has 140 valence electrons. The van der Waals surface area contributed by atoms with Gasteiger partial charge in [-0.05, 0) is 56.7 Å². The number of hydrogen-bond donors (Lipinski definition) is 1. The molecule has 28 heavy (non-hydrogen) atoms. The molecule has 0 aliphatic carbocycles. The number of amides is 1. The number of anilines is 1. The molecule has 1 N–H and O–H groups in total. The molecule has 1 aromatic heterocycles. The van der Waals surface area contributed by atoms with Crippen LogP contribution in [0.25, 0.3) is 11.8 Å². The number of nitrogens with one attached hydrogen (secondary N) is 1. The molecule has 0 unspecified atom stereocenters. The highest BCUT2D eigenvalue weighted by molar-refractivity contribution is 6.32. The summed E-state index contributed by atoms with van der Waals surface area (Å²) in [7, 11) is 0. The van der Waals surface area contributed by atoms with E-state index in [2.05, 4.69) is 10.2 Å². The number of aromatic nitrogens is 2. The van der Waals surface area contributed by atoms with Crippen molar-refractivity contribution in [3.63, 3.8) is 0 Å². The van der Waals surface area contributed by atoms with Crippen LogP contribution in [0, 0.1) is 13.8 Å². The summed E-state index contributed by atoms with van der Waals surface area (Å²) in [6.07, 6.45) is 1.63. The highest BCUT2D eigenvalue weighted by Crippen LogP contribution is 2.25. The molecule has 0 atom stereocenters. The Hall–Kier alpha value is -3.67. The molecular formula is C22H20N4O2. The van der Waals surface area contributed by atoms with Crippen molar-refractivity contribution >= 4 is 23.4 Å². The normalized spacial score (nSPS) is 15.4. The third-order valence-corrected chi connectivity index (χ3v) is 4.73. The monoisotopic (exact) mass is 372 g/mol. The number of carbonyl (C=O) groups is 1. The maximum absolute atomic E-state index is 13.0. The predicted molar refractivity (Wildman–Crippen MR) is 111 cm³/mol. The highest BCUT2D eigenvalue weighted by Gasteiger charge is 2.29. The molecule has 0 saturated carbocycles. The lowest BCUT2D eigenvalue weighted by Gasteiger charge is -2.12. The maximum Gasteiger partial charge on any atom is 0.280 e. The van der Waals surface area contributed by atoms with Gasteiger partial charge in [-0.1, -0.05) is 30.3 Å². The summed E-state index contributed by atoms with van der Waals surface area (Å²) in [5, 5.41) is 8.85. The Balaban J connectivity index is 1.74. The summed E-state index contributed by atoms with van der Waals surface area (Å²) in [5.41, 5.74) is 4.43. The number of carbonyl (C=O) groups excluding carboxylic acids is 1. The molecule has 4 rings (SSSR count). The van der Waals surface area contributed by atoms with Crippen LogP contribution >= 0.6 is 0 Å². The first kappa shape index (κ1) is 17.7. The van der Waals surface area contributed by atoms with E-state index in [0.29, 0.717) is 28.2 Å². The van der Waals surface area contributed by atoms with E-state index in [4.69, 9.17) is 0 Å². The van der Waals surface area contributed by atoms with Crippen LogP contribution in [0.1, 0.15) is 23.7 Å². The number of benzene rings is 2. The third-order valence-electron chi connectivity index (χ3n) is 4.73. The zero-order valence-electron chi connectivity index (χ0n) is 15.9. The quantitative estimate of drug-likeness (QED) is 0.714. The van der Waals surface area contributed by atoms with Gasteiger partial charge in [0.05, 0.1) is 28.2 Å². The molecule has 0 spiro atoms. The summed E-state index contributed by atoms with van der Waals surface area (Å²) >= 11 is 0. The van der Waals surface area contributed by atoms with E-state index < -0.39 is 0 Å². The molecule has 0 saturated heterocycles. The largest absolute Gasteiger partial charge is 0.295 e. The summed E-state index contributed by atoms with van der Waals surface area (Å²) in [6, 6.07) is 16.9. The first-order valence-corrected chi connectivity index (χ1v) is 9.01. The van der Waals surface area contributed by atoms with Crippen molar-refractivity contribution in [3.8, 4) is 5.69 Å². The van der Waals surface area contributed by atoms with Crippen molar-refractivity contribution in [2.45, 2.75) is 20.8 Å². The second kappa shape index (κ2) is 6.81. The van der Waals surface area contributed by atoms with Crippen LogP contribution in [0.15, 0.2) is 70.1 Å². The Kier molecular flexibility index (Phi) is 4.31. The second-order valence-electron chi connectivity index (χ2n) is 6.83. The van der Waals surface area contributed by atoms with Gasteiger partial charge in [-0.15, -0.1) is 0 Å². The lowest BCUT2D eigenvalue weighted by atomic mass is 10.1. The standard InChI is InChI=1S/C22H20N4O2/c1-14-8-7-11-18(12-14)26-22(28)20(16(3)24-26)13-19-15(2)23-25(21(19)27)17-9-5-4-6-10-17/h4-13,23H,1-3H3/b20-13+. The zero-order valence-corrected chi connectivity index (χ0v) is 15.9. The fraction of sp³-hybridized carbons (Fsp3) is 0.136. The second-order valence-corrected chi connectivity index (χ2v) is 6.83. The minimum absolute atomic E-state index is 0.203. The Morgan fingerprint density at radius 2 is 1.64 bits per heavy atom. The van der Waals surface area contributed by atoms with Gasteiger partial charge in [-0.25, -0.2) is 4.68 Å². The third kappa shape index (κ3) is 2.99. The van der Waals surface area contributed by atoms with Crippen molar-refractivity contribution in [2.24, 2.45) is 5.10 Å². The number of rotatable bonds is 3. The average molecular weight is 372 g/mol. The van der Waals surface area contributed by atoms with Gasteiger partial charge >= 0.3 is 0 Å². The maximum atomic E-state index is 13.0. The smallest absolute Gasteiger partial charge is 0.280 e. The number of hydrogen-bond acceptors (Lipinski definition) is 3. The summed E-state index contributed by atoms with van der Waals surface area (Å²) in [5.74, 6) is -0.241. The number of aryl methyl sites for hydroxylation is 2. The predicted octanol–water partition coefficient (Wildman–Crippen LogP) is 3.59. The first-order valence-electron chi connectivity index (χ1n) is 9.01. The van der Waals surface area contributed by atoms with E-state index in [9.17, 15) is 9.59 Å². The Bertz CT molecular complexity index is 1180. The van der Waals surface area contributed by atoms with Crippen molar-refractivity contribution in [1.82, 2.24) is 9.78 Å². The van der Waals surface area contributed by atoms with Crippen molar-refractivity contribution < 1.29 is 4.79 Å². The van der Waals surface area contributed by atoms with E-state index in [0.717, 1.165) is 11.3 Å². The van der Waals surface area contributed by atoms with E-state index in [1.54, 1.807) is 13.0 Å². The summed E-state index contributed by atoms with van der Waals surface area (Å²) in [4.78, 5) is 25.9. The van der Waals surface area contributed by atoms with Crippen LogP contribution in [0.5, 0.6) is 0 Å². The molecule has 3 aromatic rings. The van der Waals surface area contributed by atoms with Crippen molar-refractivity contribution in [2.75, 3.05) is 5.01 Å². The minimum atomic E-state index is -0.241. The van der Waals surface area contributed by atoms with Crippen LogP contribution < -0.4 is 10.6 Å². The molecule has 0 radical (unpaired) electrons. The van der Waals surface area contributed by atoms with Gasteiger partial charge in [0.25, 0.3) is 11.5 Å². The van der Waals surface area contributed by atoms with Gasteiger partial charge in [0.1, 0.15) is 0 Å². The van der Waals surface area contributed by atoms with Gasteiger partial charge in [-0.3, -0.25) is 14.7 Å². The SMILES string of the molecule is CC1=NN(c2cccc(C)c2)C(=O)/C1=C/c1c(C)[nH]n(-c2ccccc2)c1=O. The van der Waals surface area contributed by atoms with E-state index >= 15 is 0 Å². The first-order chi connectivity index (χ1) is 13.5. The van der Waals surface area contributed by atoms with E-state index in [1.165, 1.54) is 9.69 Å². The van der Waals surface area contributed by atoms with E-state index in [1.807, 2.05) is 68.4 Å². The topological polar surface area (TPSA) is 70.5 Å². The van der Waals surface area contributed by atoms with Gasteiger partial charge in [-0.2, -0.15) is 10.1 Å². The minimum Gasteiger partial charge on any atom is -0.295 e. The molecule has 0 bridgehead atoms.